The van der Waals surface area contributed by atoms with Gasteiger partial charge < -0.3 is 10.5 Å². The molecular formula is C12H13FN2O2. The van der Waals surface area contributed by atoms with Gasteiger partial charge in [0.05, 0.1) is 19.1 Å². The van der Waals surface area contributed by atoms with Crippen LogP contribution in [0.2, 0.25) is 0 Å². The van der Waals surface area contributed by atoms with Crippen LogP contribution in [-0.2, 0) is 9.53 Å². The van der Waals surface area contributed by atoms with Gasteiger partial charge in [-0.2, -0.15) is 5.26 Å². The van der Waals surface area contributed by atoms with Crippen LogP contribution in [0.5, 0.6) is 0 Å². The van der Waals surface area contributed by atoms with E-state index < -0.39 is 5.82 Å². The molecule has 0 aliphatic heterocycles. The van der Waals surface area contributed by atoms with E-state index in [-0.39, 0.29) is 30.4 Å². The number of carbonyl (C=O) groups is 1. The number of carbonyl (C=O) groups excluding carboxylic acids is 1. The molecule has 1 atom stereocenters. The zero-order valence-electron chi connectivity index (χ0n) is 9.44. The Morgan fingerprint density at radius 1 is 1.65 bits per heavy atom. The SMILES string of the molecule is COC(=O)CC(CN)c1ccc(F)c(C#N)c1. The van der Waals surface area contributed by atoms with Crippen LogP contribution in [0.25, 0.3) is 0 Å². The van der Waals surface area contributed by atoms with Crippen molar-refractivity contribution in [3.63, 3.8) is 0 Å². The van der Waals surface area contributed by atoms with E-state index >= 15 is 0 Å². The highest BCUT2D eigenvalue weighted by Gasteiger charge is 2.16. The van der Waals surface area contributed by atoms with Crippen LogP contribution in [0.4, 0.5) is 4.39 Å². The number of methoxy groups -OCH3 is 1. The molecule has 0 spiro atoms. The van der Waals surface area contributed by atoms with Crippen molar-refractivity contribution in [3.8, 4) is 6.07 Å². The molecule has 1 aromatic carbocycles. The van der Waals surface area contributed by atoms with Crippen LogP contribution in [0, 0.1) is 17.1 Å². The first kappa shape index (κ1) is 13.1. The summed E-state index contributed by atoms with van der Waals surface area (Å²) in [7, 11) is 1.29. The maximum absolute atomic E-state index is 13.1. The summed E-state index contributed by atoms with van der Waals surface area (Å²) in [6, 6.07) is 5.89. The average molecular weight is 236 g/mol. The summed E-state index contributed by atoms with van der Waals surface area (Å²) in [5, 5.41) is 8.71. The Bertz CT molecular complexity index is 454. The molecule has 2 N–H and O–H groups in total. The van der Waals surface area contributed by atoms with E-state index in [4.69, 9.17) is 11.0 Å². The van der Waals surface area contributed by atoms with E-state index in [2.05, 4.69) is 4.74 Å². The zero-order valence-corrected chi connectivity index (χ0v) is 9.44. The van der Waals surface area contributed by atoms with Crippen LogP contribution in [0.15, 0.2) is 18.2 Å². The van der Waals surface area contributed by atoms with E-state index in [1.807, 2.05) is 0 Å². The minimum Gasteiger partial charge on any atom is -0.469 e. The van der Waals surface area contributed by atoms with Crippen LogP contribution < -0.4 is 5.73 Å². The van der Waals surface area contributed by atoms with Gasteiger partial charge >= 0.3 is 5.97 Å². The van der Waals surface area contributed by atoms with Crippen molar-refractivity contribution < 1.29 is 13.9 Å². The third-order valence-corrected chi connectivity index (χ3v) is 2.51. The van der Waals surface area contributed by atoms with Crippen molar-refractivity contribution in [1.82, 2.24) is 0 Å². The molecular weight excluding hydrogens is 223 g/mol. The molecule has 4 nitrogen and oxygen atoms in total. The van der Waals surface area contributed by atoms with Gasteiger partial charge in [-0.05, 0) is 24.2 Å². The lowest BCUT2D eigenvalue weighted by Gasteiger charge is -2.14. The number of benzene rings is 1. The predicted molar refractivity (Wildman–Crippen MR) is 59.5 cm³/mol. The molecule has 17 heavy (non-hydrogen) atoms. The number of nitriles is 1. The van der Waals surface area contributed by atoms with Crippen molar-refractivity contribution in [2.24, 2.45) is 5.73 Å². The quantitative estimate of drug-likeness (QED) is 0.799. The summed E-state index contributed by atoms with van der Waals surface area (Å²) in [6.07, 6.45) is 0.115. The van der Waals surface area contributed by atoms with Crippen molar-refractivity contribution in [2.45, 2.75) is 12.3 Å². The monoisotopic (exact) mass is 236 g/mol. The van der Waals surface area contributed by atoms with Crippen molar-refractivity contribution in [3.05, 3.63) is 35.1 Å². The molecule has 0 aliphatic carbocycles. The maximum Gasteiger partial charge on any atom is 0.306 e. The molecule has 5 heteroatoms. The van der Waals surface area contributed by atoms with Gasteiger partial charge in [0.25, 0.3) is 0 Å². The van der Waals surface area contributed by atoms with Crippen molar-refractivity contribution in [2.75, 3.05) is 13.7 Å². The van der Waals surface area contributed by atoms with Crippen molar-refractivity contribution >= 4 is 5.97 Å². The lowest BCUT2D eigenvalue weighted by Crippen LogP contribution is -2.17. The van der Waals surface area contributed by atoms with Gasteiger partial charge in [0.2, 0.25) is 0 Å². The van der Waals surface area contributed by atoms with Gasteiger partial charge in [0.15, 0.2) is 0 Å². The molecule has 0 heterocycles. The highest BCUT2D eigenvalue weighted by atomic mass is 19.1. The Balaban J connectivity index is 2.97. The Labute approximate surface area is 98.8 Å². The normalized spacial score (nSPS) is 11.6. The lowest BCUT2D eigenvalue weighted by molar-refractivity contribution is -0.141. The zero-order chi connectivity index (χ0) is 12.8. The standard InChI is InChI=1S/C12H13FN2O2/c1-17-12(16)5-9(6-14)8-2-3-11(13)10(4-8)7-15/h2-4,9H,5-6,14H2,1H3. The predicted octanol–water partition coefficient (Wildman–Crippen LogP) is 1.30. The molecule has 0 fully saturated rings. The smallest absolute Gasteiger partial charge is 0.306 e. The summed E-state index contributed by atoms with van der Waals surface area (Å²) in [6.45, 7) is 0.228. The summed E-state index contributed by atoms with van der Waals surface area (Å²) in [4.78, 5) is 11.2. The molecule has 0 radical (unpaired) electrons. The third-order valence-electron chi connectivity index (χ3n) is 2.51. The topological polar surface area (TPSA) is 76.1 Å². The van der Waals surface area contributed by atoms with Crippen LogP contribution >= 0.6 is 0 Å². The van der Waals surface area contributed by atoms with E-state index in [1.54, 1.807) is 6.07 Å². The second-order valence-corrected chi connectivity index (χ2v) is 3.56. The molecule has 0 bridgehead atoms. The Morgan fingerprint density at radius 3 is 2.88 bits per heavy atom. The molecule has 0 amide bonds. The second-order valence-electron chi connectivity index (χ2n) is 3.56. The number of hydrogen-bond acceptors (Lipinski definition) is 4. The van der Waals surface area contributed by atoms with Gasteiger partial charge in [0, 0.05) is 5.92 Å². The Kier molecular flexibility index (Phi) is 4.61. The summed E-state index contributed by atoms with van der Waals surface area (Å²) in [5.41, 5.74) is 6.17. The fourth-order valence-electron chi connectivity index (χ4n) is 1.50. The Morgan fingerprint density at radius 2 is 2.35 bits per heavy atom. The number of halogens is 1. The van der Waals surface area contributed by atoms with Gasteiger partial charge in [0.1, 0.15) is 11.9 Å². The fraction of sp³-hybridized carbons (Fsp3) is 0.333. The maximum atomic E-state index is 13.1. The van der Waals surface area contributed by atoms with Gasteiger partial charge in [-0.15, -0.1) is 0 Å². The number of hydrogen-bond donors (Lipinski definition) is 1. The minimum atomic E-state index is -0.579. The average Bonchev–Trinajstić information content (AvgIpc) is 2.36. The number of esters is 1. The van der Waals surface area contributed by atoms with Crippen LogP contribution in [0.1, 0.15) is 23.5 Å². The van der Waals surface area contributed by atoms with E-state index in [1.165, 1.54) is 25.3 Å². The minimum absolute atomic E-state index is 0.0502. The number of nitrogens with zero attached hydrogens (tertiary/aromatic N) is 1. The van der Waals surface area contributed by atoms with E-state index in [0.29, 0.717) is 5.56 Å². The molecule has 0 saturated heterocycles. The van der Waals surface area contributed by atoms with E-state index in [0.717, 1.165) is 0 Å². The van der Waals surface area contributed by atoms with Crippen molar-refractivity contribution in [1.29, 1.82) is 5.26 Å². The van der Waals surface area contributed by atoms with Gasteiger partial charge in [-0.25, -0.2) is 4.39 Å². The first-order valence-corrected chi connectivity index (χ1v) is 5.08. The molecule has 0 saturated carbocycles. The van der Waals surface area contributed by atoms with Gasteiger partial charge in [-0.1, -0.05) is 6.07 Å². The van der Waals surface area contributed by atoms with Crippen LogP contribution in [0.3, 0.4) is 0 Å². The highest BCUT2D eigenvalue weighted by Crippen LogP contribution is 2.21. The molecule has 90 valence electrons. The van der Waals surface area contributed by atoms with E-state index in [9.17, 15) is 9.18 Å². The number of nitrogens with two attached hydrogens (primary N) is 1. The lowest BCUT2D eigenvalue weighted by atomic mass is 9.94. The number of rotatable bonds is 4. The fourth-order valence-corrected chi connectivity index (χ4v) is 1.50. The third kappa shape index (κ3) is 3.26. The van der Waals surface area contributed by atoms with Gasteiger partial charge in [-0.3, -0.25) is 4.79 Å². The summed E-state index contributed by atoms with van der Waals surface area (Å²) >= 11 is 0. The second kappa shape index (κ2) is 5.97. The molecule has 1 aromatic rings. The summed E-state index contributed by atoms with van der Waals surface area (Å²) < 4.78 is 17.7. The molecule has 1 rings (SSSR count). The highest BCUT2D eigenvalue weighted by molar-refractivity contribution is 5.70. The molecule has 0 aliphatic rings. The first-order chi connectivity index (χ1) is 8.12. The Hall–Kier alpha value is -1.93. The number of ether oxygens (including phenoxy) is 1. The van der Waals surface area contributed by atoms with Crippen LogP contribution in [-0.4, -0.2) is 19.6 Å². The molecule has 1 unspecified atom stereocenters. The largest absolute Gasteiger partial charge is 0.469 e. The molecule has 0 aromatic heterocycles. The summed E-state index contributed by atoms with van der Waals surface area (Å²) in [5.74, 6) is -1.23. The first-order valence-electron chi connectivity index (χ1n) is 5.08.